The van der Waals surface area contributed by atoms with Crippen molar-refractivity contribution in [1.82, 2.24) is 5.32 Å². The summed E-state index contributed by atoms with van der Waals surface area (Å²) in [5, 5.41) is 12.6. The Balaban J connectivity index is 1.73. The van der Waals surface area contributed by atoms with E-state index in [4.69, 9.17) is 21.1 Å². The van der Waals surface area contributed by atoms with Gasteiger partial charge < -0.3 is 14.8 Å². The van der Waals surface area contributed by atoms with Gasteiger partial charge in [0.05, 0.1) is 12.7 Å². The van der Waals surface area contributed by atoms with Gasteiger partial charge in [-0.15, -0.1) is 0 Å². The van der Waals surface area contributed by atoms with Crippen LogP contribution in [0.15, 0.2) is 78.4 Å². The predicted molar refractivity (Wildman–Crippen MR) is 121 cm³/mol. The fraction of sp³-hybridized carbons (Fsp3) is 0.0800. The molecule has 0 bridgehead atoms. The summed E-state index contributed by atoms with van der Waals surface area (Å²) in [6.45, 7) is 0.307. The molecule has 0 spiro atoms. The molecule has 0 saturated carbocycles. The van der Waals surface area contributed by atoms with Gasteiger partial charge in [0.1, 0.15) is 11.6 Å². The summed E-state index contributed by atoms with van der Waals surface area (Å²) in [5.74, 6) is -0.575. The molecule has 3 aromatic rings. The van der Waals surface area contributed by atoms with Gasteiger partial charge in [-0.2, -0.15) is 5.26 Å². The molecule has 160 valence electrons. The van der Waals surface area contributed by atoms with Gasteiger partial charge in [-0.3, -0.25) is 4.79 Å². The van der Waals surface area contributed by atoms with E-state index in [9.17, 15) is 14.9 Å². The van der Waals surface area contributed by atoms with E-state index in [-0.39, 0.29) is 17.1 Å². The Hall–Kier alpha value is -4.08. The number of benzene rings is 3. The molecule has 0 aromatic heterocycles. The van der Waals surface area contributed by atoms with Gasteiger partial charge in [-0.05, 0) is 53.6 Å². The lowest BCUT2D eigenvalue weighted by Crippen LogP contribution is -2.23. The Labute approximate surface area is 190 Å². The van der Waals surface area contributed by atoms with E-state index in [1.54, 1.807) is 36.4 Å². The van der Waals surface area contributed by atoms with Crippen LogP contribution in [0.2, 0.25) is 5.02 Å². The summed E-state index contributed by atoms with van der Waals surface area (Å²) in [5.41, 5.74) is 1.74. The summed E-state index contributed by atoms with van der Waals surface area (Å²) in [4.78, 5) is 24.7. The maximum Gasteiger partial charge on any atom is 0.343 e. The second-order valence-corrected chi connectivity index (χ2v) is 7.08. The third kappa shape index (κ3) is 5.97. The molecule has 3 aromatic carbocycles. The second kappa shape index (κ2) is 10.8. The second-order valence-electron chi connectivity index (χ2n) is 6.64. The van der Waals surface area contributed by atoms with Crippen LogP contribution >= 0.6 is 11.6 Å². The molecule has 0 saturated heterocycles. The fourth-order valence-electron chi connectivity index (χ4n) is 2.79. The van der Waals surface area contributed by atoms with Crippen molar-refractivity contribution in [2.24, 2.45) is 0 Å². The average molecular weight is 447 g/mol. The molecular formula is C25H19ClN2O4. The molecule has 0 radical (unpaired) electrons. The monoisotopic (exact) mass is 446 g/mol. The van der Waals surface area contributed by atoms with Gasteiger partial charge >= 0.3 is 5.97 Å². The number of carbonyl (C=O) groups is 2. The first kappa shape index (κ1) is 22.6. The molecule has 0 heterocycles. The molecule has 3 rings (SSSR count). The summed E-state index contributed by atoms with van der Waals surface area (Å²) in [6, 6.07) is 22.3. The van der Waals surface area contributed by atoms with Crippen molar-refractivity contribution in [3.8, 4) is 17.6 Å². The number of hydrogen-bond acceptors (Lipinski definition) is 5. The van der Waals surface area contributed by atoms with Crippen LogP contribution in [-0.2, 0) is 11.3 Å². The third-order valence-electron chi connectivity index (χ3n) is 4.44. The van der Waals surface area contributed by atoms with Crippen molar-refractivity contribution >= 4 is 29.6 Å². The standard InChI is InChI=1S/C25H19ClN2O4/c1-31-23-14-18(7-12-22(23)32-25(30)19-8-10-21(26)11-9-19)13-20(15-27)24(29)28-16-17-5-3-2-4-6-17/h2-14H,16H2,1H3,(H,28,29)/b20-13+. The first-order valence-corrected chi connectivity index (χ1v) is 9.97. The third-order valence-corrected chi connectivity index (χ3v) is 4.69. The van der Waals surface area contributed by atoms with E-state index in [0.717, 1.165) is 5.56 Å². The molecule has 0 aliphatic carbocycles. The first-order chi connectivity index (χ1) is 15.5. The molecule has 6 nitrogen and oxygen atoms in total. The Morgan fingerprint density at radius 3 is 2.41 bits per heavy atom. The van der Waals surface area contributed by atoms with Crippen molar-refractivity contribution in [3.63, 3.8) is 0 Å². The van der Waals surface area contributed by atoms with Crippen LogP contribution in [-0.4, -0.2) is 19.0 Å². The zero-order valence-electron chi connectivity index (χ0n) is 17.2. The largest absolute Gasteiger partial charge is 0.493 e. The molecule has 0 aliphatic rings. The summed E-state index contributed by atoms with van der Waals surface area (Å²) >= 11 is 5.84. The van der Waals surface area contributed by atoms with E-state index in [1.807, 2.05) is 36.4 Å². The number of esters is 1. The number of ether oxygens (including phenoxy) is 2. The highest BCUT2D eigenvalue weighted by Crippen LogP contribution is 2.30. The molecule has 32 heavy (non-hydrogen) atoms. The topological polar surface area (TPSA) is 88.4 Å². The molecule has 1 amide bonds. The normalized spacial score (nSPS) is 10.7. The van der Waals surface area contributed by atoms with Crippen LogP contribution in [0.1, 0.15) is 21.5 Å². The number of nitriles is 1. The minimum absolute atomic E-state index is 0.0612. The Morgan fingerprint density at radius 2 is 1.75 bits per heavy atom. The average Bonchev–Trinajstić information content (AvgIpc) is 2.82. The maximum absolute atomic E-state index is 12.4. The minimum atomic E-state index is -0.568. The van der Waals surface area contributed by atoms with Gasteiger partial charge in [0, 0.05) is 11.6 Å². The molecule has 7 heteroatoms. The molecular weight excluding hydrogens is 428 g/mol. The quantitative estimate of drug-likeness (QED) is 0.244. The van der Waals surface area contributed by atoms with Gasteiger partial charge in [-0.1, -0.05) is 48.0 Å². The van der Waals surface area contributed by atoms with Crippen LogP contribution in [0.25, 0.3) is 6.08 Å². The van der Waals surface area contributed by atoms with Gasteiger partial charge in [0.25, 0.3) is 5.91 Å². The fourth-order valence-corrected chi connectivity index (χ4v) is 2.92. The maximum atomic E-state index is 12.4. The zero-order chi connectivity index (χ0) is 22.9. The van der Waals surface area contributed by atoms with E-state index >= 15 is 0 Å². The Morgan fingerprint density at radius 1 is 1.03 bits per heavy atom. The molecule has 0 fully saturated rings. The lowest BCUT2D eigenvalue weighted by atomic mass is 10.1. The van der Waals surface area contributed by atoms with Crippen LogP contribution in [0.3, 0.4) is 0 Å². The number of nitrogens with zero attached hydrogens (tertiary/aromatic N) is 1. The highest BCUT2D eigenvalue weighted by molar-refractivity contribution is 6.30. The Kier molecular flexibility index (Phi) is 7.63. The number of amides is 1. The smallest absolute Gasteiger partial charge is 0.343 e. The van der Waals surface area contributed by atoms with Crippen molar-refractivity contribution in [1.29, 1.82) is 5.26 Å². The van der Waals surface area contributed by atoms with Crippen LogP contribution in [0.4, 0.5) is 0 Å². The molecule has 0 aliphatic heterocycles. The van der Waals surface area contributed by atoms with E-state index in [1.165, 1.54) is 19.3 Å². The van der Waals surface area contributed by atoms with Crippen molar-refractivity contribution < 1.29 is 19.1 Å². The number of halogens is 1. The van der Waals surface area contributed by atoms with Gasteiger partial charge in [0.15, 0.2) is 11.5 Å². The highest BCUT2D eigenvalue weighted by atomic mass is 35.5. The van der Waals surface area contributed by atoms with Crippen molar-refractivity contribution in [2.75, 3.05) is 7.11 Å². The number of methoxy groups -OCH3 is 1. The zero-order valence-corrected chi connectivity index (χ0v) is 17.9. The Bertz CT molecular complexity index is 1180. The SMILES string of the molecule is COc1cc(/C=C(\C#N)C(=O)NCc2ccccc2)ccc1OC(=O)c1ccc(Cl)cc1. The van der Waals surface area contributed by atoms with Crippen LogP contribution in [0.5, 0.6) is 11.5 Å². The lowest BCUT2D eigenvalue weighted by molar-refractivity contribution is -0.117. The van der Waals surface area contributed by atoms with E-state index in [0.29, 0.717) is 22.7 Å². The molecule has 0 atom stereocenters. The highest BCUT2D eigenvalue weighted by Gasteiger charge is 2.14. The van der Waals surface area contributed by atoms with Crippen molar-refractivity contribution in [2.45, 2.75) is 6.54 Å². The van der Waals surface area contributed by atoms with Crippen molar-refractivity contribution in [3.05, 3.63) is 100 Å². The van der Waals surface area contributed by atoms with Crippen LogP contribution in [0, 0.1) is 11.3 Å². The predicted octanol–water partition coefficient (Wildman–Crippen LogP) is 4.79. The number of rotatable bonds is 7. The van der Waals surface area contributed by atoms with Gasteiger partial charge in [0.2, 0.25) is 0 Å². The van der Waals surface area contributed by atoms with Gasteiger partial charge in [-0.25, -0.2) is 4.79 Å². The molecule has 0 unspecified atom stereocenters. The lowest BCUT2D eigenvalue weighted by Gasteiger charge is -2.10. The number of carbonyl (C=O) groups excluding carboxylic acids is 2. The summed E-state index contributed by atoms with van der Waals surface area (Å²) in [6.07, 6.45) is 1.44. The molecule has 1 N–H and O–H groups in total. The van der Waals surface area contributed by atoms with Crippen LogP contribution < -0.4 is 14.8 Å². The van der Waals surface area contributed by atoms with E-state index in [2.05, 4.69) is 5.32 Å². The number of nitrogens with one attached hydrogen (secondary N) is 1. The summed E-state index contributed by atoms with van der Waals surface area (Å²) in [7, 11) is 1.43. The first-order valence-electron chi connectivity index (χ1n) is 9.60. The number of hydrogen-bond donors (Lipinski definition) is 1. The minimum Gasteiger partial charge on any atom is -0.493 e. The van der Waals surface area contributed by atoms with E-state index < -0.39 is 11.9 Å². The summed E-state index contributed by atoms with van der Waals surface area (Å²) < 4.78 is 10.7.